The van der Waals surface area contributed by atoms with E-state index < -0.39 is 18.1 Å². The quantitative estimate of drug-likeness (QED) is 0.295. The lowest BCUT2D eigenvalue weighted by atomic mass is 10.1. The van der Waals surface area contributed by atoms with E-state index in [1.165, 1.54) is 4.90 Å². The molecule has 1 fully saturated rings. The lowest BCUT2D eigenvalue weighted by Gasteiger charge is -2.19. The molecule has 2 atom stereocenters. The molecule has 32 heavy (non-hydrogen) atoms. The van der Waals surface area contributed by atoms with Gasteiger partial charge < -0.3 is 20.1 Å². The number of amides is 3. The minimum absolute atomic E-state index is 0.0873. The third-order valence-corrected chi connectivity index (χ3v) is 6.13. The molecule has 2 heterocycles. The second-order valence-corrected chi connectivity index (χ2v) is 8.87. The summed E-state index contributed by atoms with van der Waals surface area (Å²) in [4.78, 5) is 34.4. The highest BCUT2D eigenvalue weighted by atomic mass is 127. The number of imide groups is 1. The normalized spacial score (nSPS) is 16.9. The zero-order valence-corrected chi connectivity index (χ0v) is 19.9. The molecule has 10 heteroatoms. The van der Waals surface area contributed by atoms with Crippen LogP contribution in [0.2, 0.25) is 5.02 Å². The van der Waals surface area contributed by atoms with Crippen molar-refractivity contribution in [1.29, 1.82) is 0 Å². The molecule has 166 valence electrons. The van der Waals surface area contributed by atoms with E-state index in [1.54, 1.807) is 37.4 Å². The van der Waals surface area contributed by atoms with Gasteiger partial charge >= 0.3 is 6.03 Å². The van der Waals surface area contributed by atoms with Crippen LogP contribution in [0.15, 0.2) is 48.7 Å². The van der Waals surface area contributed by atoms with E-state index in [2.05, 4.69) is 37.9 Å². The molecule has 1 aliphatic rings. The average molecular weight is 567 g/mol. The number of H-pyrrole nitrogens is 1. The van der Waals surface area contributed by atoms with Crippen LogP contribution in [0.1, 0.15) is 30.4 Å². The average Bonchev–Trinajstić information content (AvgIpc) is 3.37. The molecule has 3 amide bonds. The van der Waals surface area contributed by atoms with E-state index in [-0.39, 0.29) is 19.1 Å². The fourth-order valence-corrected chi connectivity index (χ4v) is 4.48. The third kappa shape index (κ3) is 4.45. The highest BCUT2D eigenvalue weighted by Crippen LogP contribution is 2.32. The van der Waals surface area contributed by atoms with Gasteiger partial charge in [0.2, 0.25) is 0 Å². The Hall–Kier alpha value is -2.63. The molecule has 0 aliphatic carbocycles. The van der Waals surface area contributed by atoms with Crippen LogP contribution in [0, 0.1) is 3.57 Å². The van der Waals surface area contributed by atoms with Gasteiger partial charge in [-0.3, -0.25) is 9.69 Å². The van der Waals surface area contributed by atoms with E-state index in [4.69, 9.17) is 21.4 Å². The van der Waals surface area contributed by atoms with Gasteiger partial charge in [0.25, 0.3) is 5.91 Å². The molecule has 0 bridgehead atoms. The van der Waals surface area contributed by atoms with Gasteiger partial charge in [-0.25, -0.2) is 9.78 Å². The number of hydrogen-bond acceptors (Lipinski definition) is 5. The van der Waals surface area contributed by atoms with E-state index in [0.29, 0.717) is 27.9 Å². The zero-order chi connectivity index (χ0) is 22.8. The molecular weight excluding hydrogens is 547 g/mol. The van der Waals surface area contributed by atoms with Crippen LogP contribution in [0.25, 0.3) is 11.3 Å². The SMILES string of the molecule is C[C@H](c1ncc(-c2ccc(I)cc2Cl)[nH]1)N1C(=O)NC(c2ccc(OCCO)cc2)C1=O. The highest BCUT2D eigenvalue weighted by molar-refractivity contribution is 14.1. The molecule has 0 saturated carbocycles. The van der Waals surface area contributed by atoms with Crippen LogP contribution < -0.4 is 10.1 Å². The second kappa shape index (κ2) is 9.47. The van der Waals surface area contributed by atoms with E-state index in [1.807, 2.05) is 18.2 Å². The number of aromatic nitrogens is 2. The maximum Gasteiger partial charge on any atom is 0.325 e. The number of aliphatic hydroxyl groups excluding tert-OH is 1. The Morgan fingerprint density at radius 2 is 2.00 bits per heavy atom. The van der Waals surface area contributed by atoms with Crippen molar-refractivity contribution < 1.29 is 19.4 Å². The Bertz CT molecular complexity index is 1150. The number of hydrogen-bond donors (Lipinski definition) is 3. The monoisotopic (exact) mass is 566 g/mol. The summed E-state index contributed by atoms with van der Waals surface area (Å²) < 4.78 is 6.35. The Kier molecular flexibility index (Phi) is 6.68. The van der Waals surface area contributed by atoms with Crippen molar-refractivity contribution in [1.82, 2.24) is 20.2 Å². The van der Waals surface area contributed by atoms with Gasteiger partial charge in [-0.15, -0.1) is 0 Å². The Labute approximate surface area is 203 Å². The summed E-state index contributed by atoms with van der Waals surface area (Å²) in [5.74, 6) is 0.686. The van der Waals surface area contributed by atoms with Crippen LogP contribution in [-0.2, 0) is 4.79 Å². The van der Waals surface area contributed by atoms with Gasteiger partial charge in [-0.2, -0.15) is 0 Å². The Morgan fingerprint density at radius 3 is 2.69 bits per heavy atom. The number of nitrogens with zero attached hydrogens (tertiary/aromatic N) is 2. The number of aromatic amines is 1. The van der Waals surface area contributed by atoms with Gasteiger partial charge in [-0.05, 0) is 59.3 Å². The lowest BCUT2D eigenvalue weighted by molar-refractivity contribution is -0.129. The number of urea groups is 1. The van der Waals surface area contributed by atoms with Crippen molar-refractivity contribution >= 4 is 46.1 Å². The van der Waals surface area contributed by atoms with E-state index in [0.717, 1.165) is 9.13 Å². The summed E-state index contributed by atoms with van der Waals surface area (Å²) in [6, 6.07) is 10.6. The first-order valence-corrected chi connectivity index (χ1v) is 11.3. The lowest BCUT2D eigenvalue weighted by Crippen LogP contribution is -2.34. The summed E-state index contributed by atoms with van der Waals surface area (Å²) in [5.41, 5.74) is 2.13. The predicted molar refractivity (Wildman–Crippen MR) is 127 cm³/mol. The molecule has 8 nitrogen and oxygen atoms in total. The van der Waals surface area contributed by atoms with Crippen molar-refractivity contribution in [2.45, 2.75) is 19.0 Å². The van der Waals surface area contributed by atoms with Crippen LogP contribution >= 0.6 is 34.2 Å². The van der Waals surface area contributed by atoms with Crippen LogP contribution in [0.4, 0.5) is 4.79 Å². The number of aliphatic hydroxyl groups is 1. The van der Waals surface area contributed by atoms with Gasteiger partial charge in [0, 0.05) is 9.13 Å². The first kappa shape index (κ1) is 22.6. The van der Waals surface area contributed by atoms with Gasteiger partial charge in [0.15, 0.2) is 0 Å². The first-order chi connectivity index (χ1) is 15.4. The van der Waals surface area contributed by atoms with Crippen LogP contribution in [0.5, 0.6) is 5.75 Å². The van der Waals surface area contributed by atoms with Crippen molar-refractivity contribution in [3.63, 3.8) is 0 Å². The van der Waals surface area contributed by atoms with E-state index >= 15 is 0 Å². The molecule has 0 spiro atoms. The van der Waals surface area contributed by atoms with Crippen molar-refractivity contribution in [3.05, 3.63) is 68.6 Å². The number of halogens is 2. The smallest absolute Gasteiger partial charge is 0.325 e. The maximum absolute atomic E-state index is 13.1. The van der Waals surface area contributed by atoms with Crippen molar-refractivity contribution in [2.24, 2.45) is 0 Å². The maximum atomic E-state index is 13.1. The summed E-state index contributed by atoms with van der Waals surface area (Å²) in [6.45, 7) is 1.84. The fourth-order valence-electron chi connectivity index (χ4n) is 3.52. The second-order valence-electron chi connectivity index (χ2n) is 7.21. The highest BCUT2D eigenvalue weighted by Gasteiger charge is 2.42. The minimum atomic E-state index is -0.795. The number of carbonyl (C=O) groups excluding carboxylic acids is 2. The molecule has 1 saturated heterocycles. The van der Waals surface area contributed by atoms with Gasteiger partial charge in [-0.1, -0.05) is 29.8 Å². The topological polar surface area (TPSA) is 108 Å². The Balaban J connectivity index is 1.52. The number of benzene rings is 2. The summed E-state index contributed by atoms with van der Waals surface area (Å²) in [6.07, 6.45) is 1.64. The standard InChI is InChI=1S/C22H20ClIN4O4/c1-12(20-25-11-18(26-20)16-7-4-14(24)10-17(16)23)28-21(30)19(27-22(28)31)13-2-5-15(6-3-13)32-9-8-29/h2-7,10-12,19,29H,8-9H2,1H3,(H,25,26)(H,27,31)/t12-,19?/m1/s1. The van der Waals surface area contributed by atoms with Crippen LogP contribution in [-0.4, -0.2) is 45.1 Å². The molecule has 1 aliphatic heterocycles. The molecule has 3 N–H and O–H groups in total. The molecule has 1 aromatic heterocycles. The molecular formula is C22H20ClIN4O4. The van der Waals surface area contributed by atoms with E-state index in [9.17, 15) is 9.59 Å². The summed E-state index contributed by atoms with van der Waals surface area (Å²) in [7, 11) is 0. The molecule has 4 rings (SSSR count). The predicted octanol–water partition coefficient (Wildman–Crippen LogP) is 4.06. The largest absolute Gasteiger partial charge is 0.491 e. The van der Waals surface area contributed by atoms with Crippen LogP contribution in [0.3, 0.4) is 0 Å². The summed E-state index contributed by atoms with van der Waals surface area (Å²) >= 11 is 8.54. The minimum Gasteiger partial charge on any atom is -0.491 e. The summed E-state index contributed by atoms with van der Waals surface area (Å²) in [5, 5.41) is 12.2. The molecule has 3 aromatic rings. The van der Waals surface area contributed by atoms with Gasteiger partial charge in [0.1, 0.15) is 24.2 Å². The molecule has 0 radical (unpaired) electrons. The first-order valence-electron chi connectivity index (χ1n) is 9.86. The zero-order valence-electron chi connectivity index (χ0n) is 17.0. The Morgan fingerprint density at radius 1 is 1.25 bits per heavy atom. The number of nitrogens with one attached hydrogen (secondary N) is 2. The van der Waals surface area contributed by atoms with Gasteiger partial charge in [0.05, 0.1) is 29.6 Å². The number of imidazole rings is 1. The number of rotatable bonds is 7. The number of ether oxygens (including phenoxy) is 1. The van der Waals surface area contributed by atoms with Crippen molar-refractivity contribution in [2.75, 3.05) is 13.2 Å². The number of carbonyl (C=O) groups is 2. The third-order valence-electron chi connectivity index (χ3n) is 5.14. The fraction of sp³-hybridized carbons (Fsp3) is 0.227. The van der Waals surface area contributed by atoms with Crippen molar-refractivity contribution in [3.8, 4) is 17.0 Å². The molecule has 1 unspecified atom stereocenters. The molecule has 2 aromatic carbocycles.